The summed E-state index contributed by atoms with van der Waals surface area (Å²) in [5.41, 5.74) is 0. The van der Waals surface area contributed by atoms with Crippen LogP contribution in [0.3, 0.4) is 0 Å². The summed E-state index contributed by atoms with van der Waals surface area (Å²) in [4.78, 5) is 10.8. The molecule has 0 aliphatic rings. The van der Waals surface area contributed by atoms with Gasteiger partial charge >= 0.3 is 5.97 Å². The van der Waals surface area contributed by atoms with Gasteiger partial charge in [-0.25, -0.2) is 0 Å². The predicted molar refractivity (Wildman–Crippen MR) is 72.0 cm³/mol. The Kier molecular flexibility index (Phi) is 11.5. The standard InChI is InChI=1S/C14H29NO2/c1-13(2)9-6-4-5-7-11-15-12-8-10-14(16)17-3/h13,15H,4-12H2,1-3H3. The van der Waals surface area contributed by atoms with Gasteiger partial charge in [0, 0.05) is 6.42 Å². The van der Waals surface area contributed by atoms with E-state index in [0.717, 1.165) is 25.4 Å². The zero-order chi connectivity index (χ0) is 12.9. The second-order valence-electron chi connectivity index (χ2n) is 5.03. The molecule has 0 amide bonds. The third-order valence-corrected chi connectivity index (χ3v) is 2.85. The molecule has 0 aromatic rings. The Labute approximate surface area is 106 Å². The molecule has 0 saturated heterocycles. The largest absolute Gasteiger partial charge is 0.469 e. The van der Waals surface area contributed by atoms with Crippen LogP contribution < -0.4 is 5.32 Å². The lowest BCUT2D eigenvalue weighted by atomic mass is 10.0. The minimum Gasteiger partial charge on any atom is -0.469 e. The van der Waals surface area contributed by atoms with Gasteiger partial charge in [-0.3, -0.25) is 4.79 Å². The van der Waals surface area contributed by atoms with Crippen LogP contribution in [0.25, 0.3) is 0 Å². The summed E-state index contributed by atoms with van der Waals surface area (Å²) in [6.07, 6.45) is 8.03. The summed E-state index contributed by atoms with van der Waals surface area (Å²) < 4.78 is 4.57. The number of unbranched alkanes of at least 4 members (excludes halogenated alkanes) is 3. The molecule has 0 aliphatic carbocycles. The van der Waals surface area contributed by atoms with E-state index < -0.39 is 0 Å². The maximum Gasteiger partial charge on any atom is 0.305 e. The molecule has 0 aromatic heterocycles. The number of ether oxygens (including phenoxy) is 1. The van der Waals surface area contributed by atoms with Gasteiger partial charge in [0.1, 0.15) is 0 Å². The lowest BCUT2D eigenvalue weighted by molar-refractivity contribution is -0.140. The zero-order valence-electron chi connectivity index (χ0n) is 11.8. The van der Waals surface area contributed by atoms with Crippen LogP contribution in [0.2, 0.25) is 0 Å². The Morgan fingerprint density at radius 1 is 1.06 bits per heavy atom. The third kappa shape index (κ3) is 13.4. The highest BCUT2D eigenvalue weighted by atomic mass is 16.5. The van der Waals surface area contributed by atoms with Gasteiger partial charge in [-0.2, -0.15) is 0 Å². The molecule has 0 radical (unpaired) electrons. The van der Waals surface area contributed by atoms with Crippen LogP contribution in [0.4, 0.5) is 0 Å². The van der Waals surface area contributed by atoms with E-state index in [9.17, 15) is 4.79 Å². The molecule has 0 bridgehead atoms. The maximum absolute atomic E-state index is 10.8. The molecule has 3 nitrogen and oxygen atoms in total. The van der Waals surface area contributed by atoms with E-state index in [1.807, 2.05) is 0 Å². The van der Waals surface area contributed by atoms with Gasteiger partial charge in [-0.05, 0) is 31.8 Å². The van der Waals surface area contributed by atoms with Crippen LogP contribution >= 0.6 is 0 Å². The van der Waals surface area contributed by atoms with Crippen molar-refractivity contribution in [3.05, 3.63) is 0 Å². The first-order valence-corrected chi connectivity index (χ1v) is 6.94. The summed E-state index contributed by atoms with van der Waals surface area (Å²) in [5, 5.41) is 3.36. The van der Waals surface area contributed by atoms with Crippen LogP contribution in [-0.2, 0) is 9.53 Å². The van der Waals surface area contributed by atoms with Gasteiger partial charge in [0.2, 0.25) is 0 Å². The second-order valence-corrected chi connectivity index (χ2v) is 5.03. The Bertz CT molecular complexity index is 181. The number of hydrogen-bond acceptors (Lipinski definition) is 3. The van der Waals surface area contributed by atoms with Crippen LogP contribution in [0, 0.1) is 5.92 Å². The van der Waals surface area contributed by atoms with E-state index in [0.29, 0.717) is 6.42 Å². The summed E-state index contributed by atoms with van der Waals surface area (Å²) in [5.74, 6) is 0.729. The topological polar surface area (TPSA) is 38.3 Å². The minimum absolute atomic E-state index is 0.111. The van der Waals surface area contributed by atoms with Crippen molar-refractivity contribution in [1.82, 2.24) is 5.32 Å². The quantitative estimate of drug-likeness (QED) is 0.447. The number of methoxy groups -OCH3 is 1. The van der Waals surface area contributed by atoms with E-state index in [1.54, 1.807) is 0 Å². The van der Waals surface area contributed by atoms with Gasteiger partial charge < -0.3 is 10.1 Å². The van der Waals surface area contributed by atoms with Crippen LogP contribution in [0.5, 0.6) is 0 Å². The molecule has 0 unspecified atom stereocenters. The van der Waals surface area contributed by atoms with E-state index in [1.165, 1.54) is 39.2 Å². The minimum atomic E-state index is -0.111. The lowest BCUT2D eigenvalue weighted by Crippen LogP contribution is -2.17. The fraction of sp³-hybridized carbons (Fsp3) is 0.929. The first-order chi connectivity index (χ1) is 8.16. The highest BCUT2D eigenvalue weighted by molar-refractivity contribution is 5.68. The van der Waals surface area contributed by atoms with E-state index >= 15 is 0 Å². The van der Waals surface area contributed by atoms with Gasteiger partial charge in [-0.1, -0.05) is 39.5 Å². The molecule has 0 rings (SSSR count). The van der Waals surface area contributed by atoms with Gasteiger partial charge in [-0.15, -0.1) is 0 Å². The van der Waals surface area contributed by atoms with Gasteiger partial charge in [0.25, 0.3) is 0 Å². The monoisotopic (exact) mass is 243 g/mol. The molecule has 17 heavy (non-hydrogen) atoms. The van der Waals surface area contributed by atoms with E-state index in [4.69, 9.17) is 0 Å². The highest BCUT2D eigenvalue weighted by Crippen LogP contribution is 2.08. The molecule has 0 heterocycles. The Hall–Kier alpha value is -0.570. The predicted octanol–water partition coefficient (Wildman–Crippen LogP) is 3.14. The number of carbonyl (C=O) groups is 1. The Morgan fingerprint density at radius 2 is 1.71 bits per heavy atom. The van der Waals surface area contributed by atoms with Crippen molar-refractivity contribution in [2.75, 3.05) is 20.2 Å². The van der Waals surface area contributed by atoms with Crippen molar-refractivity contribution in [2.45, 2.75) is 58.8 Å². The third-order valence-electron chi connectivity index (χ3n) is 2.85. The molecule has 102 valence electrons. The first kappa shape index (κ1) is 16.4. The molecule has 0 saturated carbocycles. The summed E-state index contributed by atoms with van der Waals surface area (Å²) in [6.45, 7) is 6.55. The molecule has 3 heteroatoms. The molecular weight excluding hydrogens is 214 g/mol. The van der Waals surface area contributed by atoms with Crippen molar-refractivity contribution in [3.8, 4) is 0 Å². The van der Waals surface area contributed by atoms with Crippen molar-refractivity contribution in [1.29, 1.82) is 0 Å². The molecule has 1 N–H and O–H groups in total. The van der Waals surface area contributed by atoms with Crippen LogP contribution in [-0.4, -0.2) is 26.2 Å². The van der Waals surface area contributed by atoms with Crippen LogP contribution in [0.1, 0.15) is 58.8 Å². The first-order valence-electron chi connectivity index (χ1n) is 6.94. The second kappa shape index (κ2) is 11.9. The number of nitrogens with one attached hydrogen (secondary N) is 1. The molecule has 0 fully saturated rings. The van der Waals surface area contributed by atoms with Gasteiger partial charge in [0.15, 0.2) is 0 Å². The average molecular weight is 243 g/mol. The Morgan fingerprint density at radius 3 is 2.35 bits per heavy atom. The van der Waals surface area contributed by atoms with Crippen molar-refractivity contribution in [3.63, 3.8) is 0 Å². The average Bonchev–Trinajstić information content (AvgIpc) is 2.30. The molecular formula is C14H29NO2. The van der Waals surface area contributed by atoms with Gasteiger partial charge in [0.05, 0.1) is 7.11 Å². The van der Waals surface area contributed by atoms with Crippen molar-refractivity contribution >= 4 is 5.97 Å². The summed E-state index contributed by atoms with van der Waals surface area (Å²) in [7, 11) is 1.44. The SMILES string of the molecule is COC(=O)CCCNCCCCCCC(C)C. The maximum atomic E-state index is 10.8. The van der Waals surface area contributed by atoms with Crippen molar-refractivity contribution < 1.29 is 9.53 Å². The molecule has 0 atom stereocenters. The van der Waals surface area contributed by atoms with E-state index in [2.05, 4.69) is 23.9 Å². The molecule has 0 aliphatic heterocycles. The van der Waals surface area contributed by atoms with Crippen molar-refractivity contribution in [2.24, 2.45) is 5.92 Å². The fourth-order valence-corrected chi connectivity index (χ4v) is 1.74. The highest BCUT2D eigenvalue weighted by Gasteiger charge is 1.98. The smallest absolute Gasteiger partial charge is 0.305 e. The normalized spacial score (nSPS) is 10.8. The Balaban J connectivity index is 3.01. The number of carbonyl (C=O) groups excluding carboxylic acids is 1. The lowest BCUT2D eigenvalue weighted by Gasteiger charge is -2.05. The number of hydrogen-bond donors (Lipinski definition) is 1. The summed E-state index contributed by atoms with van der Waals surface area (Å²) in [6, 6.07) is 0. The summed E-state index contributed by atoms with van der Waals surface area (Å²) >= 11 is 0. The number of esters is 1. The van der Waals surface area contributed by atoms with Crippen LogP contribution in [0.15, 0.2) is 0 Å². The zero-order valence-corrected chi connectivity index (χ0v) is 11.8. The molecule has 0 aromatic carbocycles. The fourth-order valence-electron chi connectivity index (χ4n) is 1.74. The number of rotatable bonds is 11. The van der Waals surface area contributed by atoms with E-state index in [-0.39, 0.29) is 5.97 Å². The molecule has 0 spiro atoms.